The van der Waals surface area contributed by atoms with Crippen LogP contribution in [0.25, 0.3) is 0 Å². The van der Waals surface area contributed by atoms with Crippen LogP contribution in [0.3, 0.4) is 0 Å². The normalized spacial score (nSPS) is 12.9. The van der Waals surface area contributed by atoms with E-state index in [-0.39, 0.29) is 34.1 Å². The first kappa shape index (κ1) is 35.1. The zero-order chi connectivity index (χ0) is 32.7. The molecule has 0 aliphatic carbocycles. The summed E-state index contributed by atoms with van der Waals surface area (Å²) in [6.45, 7) is 16.0. The van der Waals surface area contributed by atoms with Gasteiger partial charge in [-0.05, 0) is 104 Å². The van der Waals surface area contributed by atoms with Gasteiger partial charge in [0, 0.05) is 29.2 Å². The second-order valence-electron chi connectivity index (χ2n) is 13.3. The average molecular weight is 640 g/mol. The summed E-state index contributed by atoms with van der Waals surface area (Å²) in [5.41, 5.74) is 3.08. The summed E-state index contributed by atoms with van der Waals surface area (Å²) < 4.78 is 6.84. The molecule has 3 rings (SSSR count). The number of anilines is 1. The van der Waals surface area contributed by atoms with Gasteiger partial charge in [-0.1, -0.05) is 50.6 Å². The van der Waals surface area contributed by atoms with E-state index < -0.39 is 8.32 Å². The minimum atomic E-state index is -2.19. The quantitative estimate of drug-likeness (QED) is 0.0739. The molecule has 5 N–H and O–H groups in total. The predicted octanol–water partition coefficient (Wildman–Crippen LogP) is 6.97. The van der Waals surface area contributed by atoms with E-state index in [9.17, 15) is 19.8 Å². The van der Waals surface area contributed by atoms with Crippen molar-refractivity contribution < 1.29 is 24.2 Å². The molecule has 0 radical (unpaired) electrons. The second-order valence-corrected chi connectivity index (χ2v) is 18.5. The lowest BCUT2D eigenvalue weighted by molar-refractivity contribution is -0.105. The molecule has 0 fully saturated rings. The molecular weight excluding hydrogens is 594 g/mol. The monoisotopic (exact) mass is 639 g/mol. The van der Waals surface area contributed by atoms with Gasteiger partial charge in [0.25, 0.3) is 5.91 Å². The minimum Gasteiger partial charge on any atom is -0.508 e. The fourth-order valence-corrected chi connectivity index (χ4v) is 6.10. The molecule has 0 bridgehead atoms. The Hall–Kier alpha value is -3.37. The predicted molar refractivity (Wildman–Crippen MR) is 180 cm³/mol. The Balaban J connectivity index is 1.70. The molecule has 0 spiro atoms. The van der Waals surface area contributed by atoms with Gasteiger partial charge in [-0.25, -0.2) is 0 Å². The molecule has 0 saturated heterocycles. The molecule has 8 nitrogen and oxygen atoms in total. The van der Waals surface area contributed by atoms with E-state index in [0.29, 0.717) is 54.2 Å². The van der Waals surface area contributed by atoms with E-state index in [0.717, 1.165) is 11.1 Å². The van der Waals surface area contributed by atoms with Crippen molar-refractivity contribution in [2.45, 2.75) is 77.2 Å². The lowest BCUT2D eigenvalue weighted by atomic mass is 9.93. The summed E-state index contributed by atoms with van der Waals surface area (Å²) in [4.78, 5) is 24.0. The third-order valence-electron chi connectivity index (χ3n) is 8.17. The highest BCUT2D eigenvalue weighted by Gasteiger charge is 2.40. The van der Waals surface area contributed by atoms with Gasteiger partial charge in [0.1, 0.15) is 11.5 Å². The van der Waals surface area contributed by atoms with Gasteiger partial charge >= 0.3 is 0 Å². The number of halogens is 1. The van der Waals surface area contributed by atoms with Gasteiger partial charge in [0.2, 0.25) is 6.41 Å². The number of phenolic OH excluding ortho intramolecular Hbond substituents is 2. The minimum absolute atomic E-state index is 0.00764. The summed E-state index contributed by atoms with van der Waals surface area (Å²) in [5, 5.41) is 29.9. The fourth-order valence-electron chi connectivity index (χ4n) is 4.62. The third kappa shape index (κ3) is 9.82. The number of rotatable bonds is 14. The topological polar surface area (TPSA) is 120 Å². The largest absolute Gasteiger partial charge is 0.508 e. The van der Waals surface area contributed by atoms with Crippen molar-refractivity contribution in [1.82, 2.24) is 10.6 Å². The van der Waals surface area contributed by atoms with E-state index in [2.05, 4.69) is 63.7 Å². The standard InChI is InChI=1S/C34H46ClN3O5Si/c1-33(2,3)44(6,7)43-31(25-11-13-30(41)28(19-25)37-22-39)21-38-34(4,5)20-23-9-8-10-26(17-23)32(42)36-16-15-24-18-27(35)12-14-29(24)40/h8-14,17-19,22,31,38,40-41H,15-16,20-21H2,1-7H3,(H,36,42)(H,37,39)/t31-/m0/s1. The first-order valence-corrected chi connectivity index (χ1v) is 18.1. The summed E-state index contributed by atoms with van der Waals surface area (Å²) in [7, 11) is -2.19. The number of phenols is 2. The van der Waals surface area contributed by atoms with Gasteiger partial charge in [-0.3, -0.25) is 9.59 Å². The van der Waals surface area contributed by atoms with Crippen molar-refractivity contribution in [3.63, 3.8) is 0 Å². The molecule has 0 saturated carbocycles. The molecule has 10 heteroatoms. The maximum atomic E-state index is 12.9. The molecule has 238 valence electrons. The molecule has 0 aromatic heterocycles. The van der Waals surface area contributed by atoms with E-state index in [1.165, 1.54) is 0 Å². The van der Waals surface area contributed by atoms with Gasteiger partial charge < -0.3 is 30.6 Å². The van der Waals surface area contributed by atoms with Crippen molar-refractivity contribution in [2.24, 2.45) is 0 Å². The van der Waals surface area contributed by atoms with Crippen molar-refractivity contribution in [2.75, 3.05) is 18.4 Å². The van der Waals surface area contributed by atoms with Crippen LogP contribution in [0.5, 0.6) is 11.5 Å². The van der Waals surface area contributed by atoms with Crippen LogP contribution in [-0.4, -0.2) is 49.5 Å². The van der Waals surface area contributed by atoms with Gasteiger partial charge in [-0.2, -0.15) is 0 Å². The van der Waals surface area contributed by atoms with Crippen LogP contribution in [0.4, 0.5) is 5.69 Å². The van der Waals surface area contributed by atoms with Crippen molar-refractivity contribution in [3.8, 4) is 11.5 Å². The van der Waals surface area contributed by atoms with Crippen LogP contribution in [0.2, 0.25) is 23.2 Å². The summed E-state index contributed by atoms with van der Waals surface area (Å²) in [6, 6.07) is 17.6. The Bertz CT molecular complexity index is 1460. The maximum Gasteiger partial charge on any atom is 0.251 e. The van der Waals surface area contributed by atoms with Gasteiger partial charge in [-0.15, -0.1) is 0 Å². The number of benzene rings is 3. The van der Waals surface area contributed by atoms with Crippen LogP contribution in [-0.2, 0) is 22.1 Å². The Morgan fingerprint density at radius 3 is 2.39 bits per heavy atom. The first-order chi connectivity index (χ1) is 20.5. The van der Waals surface area contributed by atoms with Crippen LogP contribution in [0.15, 0.2) is 60.7 Å². The lowest BCUT2D eigenvalue weighted by Gasteiger charge is -2.40. The smallest absolute Gasteiger partial charge is 0.251 e. The zero-order valence-corrected chi connectivity index (χ0v) is 28.5. The lowest BCUT2D eigenvalue weighted by Crippen LogP contribution is -2.47. The van der Waals surface area contributed by atoms with Crippen LogP contribution >= 0.6 is 11.6 Å². The second kappa shape index (κ2) is 14.6. The Kier molecular flexibility index (Phi) is 11.7. The molecule has 0 aliphatic rings. The molecular formula is C34H46ClN3O5Si. The van der Waals surface area contributed by atoms with Gasteiger partial charge in [0.15, 0.2) is 8.32 Å². The number of aromatic hydroxyl groups is 2. The Morgan fingerprint density at radius 1 is 1.00 bits per heavy atom. The molecule has 1 atom stereocenters. The number of carbonyl (C=O) groups excluding carboxylic acids is 2. The molecule has 3 aromatic rings. The maximum absolute atomic E-state index is 12.9. The average Bonchev–Trinajstić information content (AvgIpc) is 2.93. The number of carbonyl (C=O) groups is 2. The first-order valence-electron chi connectivity index (χ1n) is 14.8. The van der Waals surface area contributed by atoms with E-state index in [4.69, 9.17) is 16.0 Å². The van der Waals surface area contributed by atoms with Crippen LogP contribution in [0.1, 0.15) is 67.8 Å². The molecule has 0 aliphatic heterocycles. The Labute approximate surface area is 267 Å². The third-order valence-corrected chi connectivity index (χ3v) is 12.9. The number of amides is 2. The van der Waals surface area contributed by atoms with Gasteiger partial charge in [0.05, 0.1) is 11.8 Å². The Morgan fingerprint density at radius 2 is 1.70 bits per heavy atom. The molecule has 0 unspecified atom stereocenters. The summed E-state index contributed by atoms with van der Waals surface area (Å²) in [6.07, 6.45) is 1.34. The number of hydrogen-bond acceptors (Lipinski definition) is 6. The highest BCUT2D eigenvalue weighted by atomic mass is 35.5. The van der Waals surface area contributed by atoms with Crippen molar-refractivity contribution >= 4 is 37.9 Å². The molecule has 3 aromatic carbocycles. The number of nitrogens with one attached hydrogen (secondary N) is 3. The molecule has 0 heterocycles. The van der Waals surface area contributed by atoms with Crippen LogP contribution in [0, 0.1) is 0 Å². The molecule has 44 heavy (non-hydrogen) atoms. The van der Waals surface area contributed by atoms with Crippen LogP contribution < -0.4 is 16.0 Å². The van der Waals surface area contributed by atoms with E-state index >= 15 is 0 Å². The highest BCUT2D eigenvalue weighted by Crippen LogP contribution is 2.40. The highest BCUT2D eigenvalue weighted by molar-refractivity contribution is 6.74. The summed E-state index contributed by atoms with van der Waals surface area (Å²) in [5.74, 6) is -0.0402. The summed E-state index contributed by atoms with van der Waals surface area (Å²) >= 11 is 6.03. The SMILES string of the molecule is CC(C)(Cc1cccc(C(=O)NCCc2cc(Cl)ccc2O)c1)NC[C@H](O[Si](C)(C)C(C)(C)C)c1ccc(O)c(NC=O)c1. The van der Waals surface area contributed by atoms with E-state index in [1.54, 1.807) is 36.4 Å². The zero-order valence-electron chi connectivity index (χ0n) is 26.8. The number of hydrogen-bond donors (Lipinski definition) is 5. The van der Waals surface area contributed by atoms with Crippen molar-refractivity contribution in [1.29, 1.82) is 0 Å². The molecule has 2 amide bonds. The van der Waals surface area contributed by atoms with E-state index in [1.807, 2.05) is 24.3 Å². The fraction of sp³-hybridized carbons (Fsp3) is 0.412. The van der Waals surface area contributed by atoms with Crippen molar-refractivity contribution in [3.05, 3.63) is 87.9 Å².